The number of hydrogen-bond donors (Lipinski definition) is 1. The van der Waals surface area contributed by atoms with Gasteiger partial charge in [0.05, 0.1) is 19.4 Å². The molecule has 0 heterocycles. The lowest BCUT2D eigenvalue weighted by atomic mass is 10.2. The summed E-state index contributed by atoms with van der Waals surface area (Å²) >= 11 is 12.1. The zero-order valence-corrected chi connectivity index (χ0v) is 13.5. The van der Waals surface area contributed by atoms with E-state index in [1.54, 1.807) is 19.2 Å². The molecular formula is C16H17Cl2NO2. The van der Waals surface area contributed by atoms with Crippen LogP contribution in [-0.2, 0) is 6.54 Å². The van der Waals surface area contributed by atoms with Crippen LogP contribution in [0.3, 0.4) is 0 Å². The summed E-state index contributed by atoms with van der Waals surface area (Å²) in [6.07, 6.45) is 0. The predicted octanol–water partition coefficient (Wildman–Crippen LogP) is 5.01. The van der Waals surface area contributed by atoms with E-state index in [4.69, 9.17) is 32.7 Å². The van der Waals surface area contributed by atoms with Crippen LogP contribution in [0.1, 0.15) is 12.5 Å². The minimum absolute atomic E-state index is 0.560. The molecule has 0 saturated carbocycles. The fourth-order valence-electron chi connectivity index (χ4n) is 2.00. The molecule has 0 spiro atoms. The van der Waals surface area contributed by atoms with E-state index >= 15 is 0 Å². The second-order valence-electron chi connectivity index (χ2n) is 4.38. The van der Waals surface area contributed by atoms with Gasteiger partial charge in [0.25, 0.3) is 0 Å². The Morgan fingerprint density at radius 1 is 1.00 bits per heavy atom. The third kappa shape index (κ3) is 4.19. The van der Waals surface area contributed by atoms with Crippen molar-refractivity contribution >= 4 is 28.9 Å². The van der Waals surface area contributed by atoms with Gasteiger partial charge in [0.1, 0.15) is 11.5 Å². The van der Waals surface area contributed by atoms with Gasteiger partial charge in [0.15, 0.2) is 0 Å². The first-order valence-corrected chi connectivity index (χ1v) is 7.38. The number of anilines is 1. The van der Waals surface area contributed by atoms with Gasteiger partial charge in [-0.3, -0.25) is 0 Å². The number of benzene rings is 2. The van der Waals surface area contributed by atoms with Gasteiger partial charge in [-0.15, -0.1) is 0 Å². The first-order valence-electron chi connectivity index (χ1n) is 6.62. The maximum absolute atomic E-state index is 6.04. The Hall–Kier alpha value is -1.58. The SMILES string of the molecule is CCOc1ccc(Cl)cc1NCc1cc(Cl)ccc1OC. The highest BCUT2D eigenvalue weighted by Crippen LogP contribution is 2.30. The van der Waals surface area contributed by atoms with Crippen molar-refractivity contribution in [2.75, 3.05) is 19.0 Å². The van der Waals surface area contributed by atoms with E-state index in [1.807, 2.05) is 31.2 Å². The molecule has 0 bridgehead atoms. The summed E-state index contributed by atoms with van der Waals surface area (Å²) < 4.78 is 10.9. The molecule has 0 aliphatic carbocycles. The van der Waals surface area contributed by atoms with Crippen molar-refractivity contribution in [1.82, 2.24) is 0 Å². The van der Waals surface area contributed by atoms with Crippen LogP contribution in [0.15, 0.2) is 36.4 Å². The number of rotatable bonds is 6. The van der Waals surface area contributed by atoms with Gasteiger partial charge in [-0.25, -0.2) is 0 Å². The Morgan fingerprint density at radius 2 is 1.67 bits per heavy atom. The monoisotopic (exact) mass is 325 g/mol. The molecule has 0 aromatic heterocycles. The van der Waals surface area contributed by atoms with E-state index in [0.717, 1.165) is 22.7 Å². The van der Waals surface area contributed by atoms with Gasteiger partial charge >= 0.3 is 0 Å². The molecule has 5 heteroatoms. The molecule has 0 saturated heterocycles. The van der Waals surface area contributed by atoms with Gasteiger partial charge in [0.2, 0.25) is 0 Å². The van der Waals surface area contributed by atoms with E-state index in [1.165, 1.54) is 0 Å². The van der Waals surface area contributed by atoms with E-state index < -0.39 is 0 Å². The molecule has 1 N–H and O–H groups in total. The van der Waals surface area contributed by atoms with Crippen LogP contribution in [0.25, 0.3) is 0 Å². The van der Waals surface area contributed by atoms with Crippen LogP contribution in [0, 0.1) is 0 Å². The molecule has 2 aromatic rings. The number of methoxy groups -OCH3 is 1. The fraction of sp³-hybridized carbons (Fsp3) is 0.250. The zero-order valence-electron chi connectivity index (χ0n) is 12.0. The summed E-state index contributed by atoms with van der Waals surface area (Å²) in [4.78, 5) is 0. The molecule has 3 nitrogen and oxygen atoms in total. The molecule has 2 aromatic carbocycles. The summed E-state index contributed by atoms with van der Waals surface area (Å²) in [7, 11) is 1.64. The van der Waals surface area contributed by atoms with Gasteiger partial charge in [-0.1, -0.05) is 23.2 Å². The van der Waals surface area contributed by atoms with E-state index in [0.29, 0.717) is 23.2 Å². The molecule has 2 rings (SSSR count). The van der Waals surface area contributed by atoms with Gasteiger partial charge in [-0.2, -0.15) is 0 Å². The molecule has 0 atom stereocenters. The molecular weight excluding hydrogens is 309 g/mol. The van der Waals surface area contributed by atoms with Crippen molar-refractivity contribution in [3.63, 3.8) is 0 Å². The number of halogens is 2. The minimum atomic E-state index is 0.560. The number of nitrogens with one attached hydrogen (secondary N) is 1. The summed E-state index contributed by atoms with van der Waals surface area (Å²) in [5, 5.41) is 4.63. The molecule has 0 radical (unpaired) electrons. The second-order valence-corrected chi connectivity index (χ2v) is 5.26. The smallest absolute Gasteiger partial charge is 0.142 e. The zero-order chi connectivity index (χ0) is 15.2. The van der Waals surface area contributed by atoms with Crippen LogP contribution < -0.4 is 14.8 Å². The quantitative estimate of drug-likeness (QED) is 0.809. The summed E-state index contributed by atoms with van der Waals surface area (Å²) in [6.45, 7) is 3.10. The molecule has 0 aliphatic heterocycles. The lowest BCUT2D eigenvalue weighted by Crippen LogP contribution is -2.04. The maximum Gasteiger partial charge on any atom is 0.142 e. The molecule has 0 unspecified atom stereocenters. The average molecular weight is 326 g/mol. The van der Waals surface area contributed by atoms with Gasteiger partial charge in [0, 0.05) is 22.2 Å². The van der Waals surface area contributed by atoms with Crippen molar-refractivity contribution in [2.24, 2.45) is 0 Å². The van der Waals surface area contributed by atoms with E-state index in [-0.39, 0.29) is 0 Å². The minimum Gasteiger partial charge on any atom is -0.496 e. The van der Waals surface area contributed by atoms with Gasteiger partial charge in [-0.05, 0) is 43.3 Å². The van der Waals surface area contributed by atoms with Crippen LogP contribution in [0.2, 0.25) is 10.0 Å². The first kappa shape index (κ1) is 15.8. The van der Waals surface area contributed by atoms with Crippen LogP contribution in [0.4, 0.5) is 5.69 Å². The first-order chi connectivity index (χ1) is 10.1. The van der Waals surface area contributed by atoms with Crippen LogP contribution >= 0.6 is 23.2 Å². The molecule has 21 heavy (non-hydrogen) atoms. The number of hydrogen-bond acceptors (Lipinski definition) is 3. The lowest BCUT2D eigenvalue weighted by molar-refractivity contribution is 0.341. The van der Waals surface area contributed by atoms with E-state index in [2.05, 4.69) is 5.32 Å². The van der Waals surface area contributed by atoms with Crippen LogP contribution in [-0.4, -0.2) is 13.7 Å². The van der Waals surface area contributed by atoms with Crippen LogP contribution in [0.5, 0.6) is 11.5 Å². The maximum atomic E-state index is 6.04. The standard InChI is InChI=1S/C16H17Cl2NO2/c1-3-21-16-7-5-13(18)9-14(16)19-10-11-8-12(17)4-6-15(11)20-2/h4-9,19H,3,10H2,1-2H3. The Morgan fingerprint density at radius 3 is 2.33 bits per heavy atom. The number of ether oxygens (including phenoxy) is 2. The average Bonchev–Trinajstić information content (AvgIpc) is 2.48. The third-order valence-electron chi connectivity index (χ3n) is 2.95. The molecule has 0 aliphatic rings. The topological polar surface area (TPSA) is 30.5 Å². The van der Waals surface area contributed by atoms with Gasteiger partial charge < -0.3 is 14.8 Å². The normalized spacial score (nSPS) is 10.3. The summed E-state index contributed by atoms with van der Waals surface area (Å²) in [5.74, 6) is 1.55. The third-order valence-corrected chi connectivity index (χ3v) is 3.42. The second kappa shape index (κ2) is 7.43. The Bertz CT molecular complexity index is 617. The highest BCUT2D eigenvalue weighted by molar-refractivity contribution is 6.31. The van der Waals surface area contributed by atoms with E-state index in [9.17, 15) is 0 Å². The predicted molar refractivity (Wildman–Crippen MR) is 88.0 cm³/mol. The Kier molecular flexibility index (Phi) is 5.59. The summed E-state index contributed by atoms with van der Waals surface area (Å²) in [5.41, 5.74) is 1.80. The summed E-state index contributed by atoms with van der Waals surface area (Å²) in [6, 6.07) is 11.0. The lowest BCUT2D eigenvalue weighted by Gasteiger charge is -2.14. The van der Waals surface area contributed by atoms with Crippen molar-refractivity contribution in [1.29, 1.82) is 0 Å². The van der Waals surface area contributed by atoms with Crippen molar-refractivity contribution in [2.45, 2.75) is 13.5 Å². The molecule has 0 amide bonds. The van der Waals surface area contributed by atoms with Crippen molar-refractivity contribution < 1.29 is 9.47 Å². The van der Waals surface area contributed by atoms with Crippen molar-refractivity contribution in [3.8, 4) is 11.5 Å². The Labute approximate surface area is 134 Å². The highest BCUT2D eigenvalue weighted by atomic mass is 35.5. The molecule has 112 valence electrons. The largest absolute Gasteiger partial charge is 0.496 e. The highest BCUT2D eigenvalue weighted by Gasteiger charge is 2.07. The molecule has 0 fully saturated rings. The van der Waals surface area contributed by atoms with Crippen molar-refractivity contribution in [3.05, 3.63) is 52.0 Å². The Balaban J connectivity index is 2.19. The fourth-order valence-corrected chi connectivity index (χ4v) is 2.36.